The number of ether oxygens (including phenoxy) is 1. The first-order valence-corrected chi connectivity index (χ1v) is 11.1. The van der Waals surface area contributed by atoms with Crippen molar-refractivity contribution in [2.24, 2.45) is 11.1 Å². The molecule has 1 saturated heterocycles. The lowest BCUT2D eigenvalue weighted by Crippen LogP contribution is -2.34. The summed E-state index contributed by atoms with van der Waals surface area (Å²) in [7, 11) is 0. The van der Waals surface area contributed by atoms with E-state index in [1.165, 1.54) is 0 Å². The number of piperidine rings is 1. The Morgan fingerprint density at radius 3 is 2.71 bits per heavy atom. The molecule has 4 rings (SSSR count). The molecule has 0 radical (unpaired) electrons. The summed E-state index contributed by atoms with van der Waals surface area (Å²) in [5.41, 5.74) is 2.71. The number of hydrogen-bond acceptors (Lipinski definition) is 6. The lowest BCUT2D eigenvalue weighted by atomic mass is 9.94. The third-order valence-electron chi connectivity index (χ3n) is 5.51. The minimum atomic E-state index is 0.571. The third-order valence-corrected chi connectivity index (χ3v) is 5.75. The molecule has 0 spiro atoms. The van der Waals surface area contributed by atoms with E-state index in [9.17, 15) is 0 Å². The first-order valence-electron chi connectivity index (χ1n) is 10.8. The van der Waals surface area contributed by atoms with E-state index in [-0.39, 0.29) is 0 Å². The standard InChI is InChI=1S/C24H27ClN4O2/c1-2-31-27-16-19-3-6-21(7-4-19)30-14-11-18-9-12-29(13-10-18)24-17-26-23-15-20(25)5-8-22(23)28-24/h3-8,15-18H,2,9-14H2,1H3/b27-16+. The van der Waals surface area contributed by atoms with Crippen LogP contribution in [-0.4, -0.2) is 42.5 Å². The van der Waals surface area contributed by atoms with Crippen LogP contribution < -0.4 is 9.64 Å². The molecular weight excluding hydrogens is 412 g/mol. The van der Waals surface area contributed by atoms with Crippen LogP contribution in [0.4, 0.5) is 5.82 Å². The van der Waals surface area contributed by atoms with Gasteiger partial charge < -0.3 is 14.5 Å². The Morgan fingerprint density at radius 2 is 1.94 bits per heavy atom. The molecule has 0 aliphatic carbocycles. The van der Waals surface area contributed by atoms with E-state index in [2.05, 4.69) is 15.0 Å². The zero-order chi connectivity index (χ0) is 21.5. The summed E-state index contributed by atoms with van der Waals surface area (Å²) in [4.78, 5) is 16.6. The summed E-state index contributed by atoms with van der Waals surface area (Å²) in [6.45, 7) is 5.19. The molecule has 1 fully saturated rings. The number of hydrogen-bond donors (Lipinski definition) is 0. The van der Waals surface area contributed by atoms with Crippen molar-refractivity contribution in [1.29, 1.82) is 0 Å². The highest BCUT2D eigenvalue weighted by Gasteiger charge is 2.20. The second kappa shape index (κ2) is 10.4. The Morgan fingerprint density at radius 1 is 1.13 bits per heavy atom. The van der Waals surface area contributed by atoms with Gasteiger partial charge in [-0.05, 0) is 80.1 Å². The van der Waals surface area contributed by atoms with Crippen molar-refractivity contribution < 1.29 is 9.57 Å². The molecule has 6 nitrogen and oxygen atoms in total. The number of aromatic nitrogens is 2. The van der Waals surface area contributed by atoms with Crippen LogP contribution in [0.1, 0.15) is 31.7 Å². The molecule has 2 heterocycles. The van der Waals surface area contributed by atoms with E-state index in [4.69, 9.17) is 26.2 Å². The predicted molar refractivity (Wildman–Crippen MR) is 125 cm³/mol. The normalized spacial score (nSPS) is 15.0. The Hall–Kier alpha value is -2.86. The van der Waals surface area contributed by atoms with Gasteiger partial charge in [-0.3, -0.25) is 4.98 Å². The molecule has 0 saturated carbocycles. The van der Waals surface area contributed by atoms with Crippen LogP contribution in [0.3, 0.4) is 0 Å². The molecule has 162 valence electrons. The van der Waals surface area contributed by atoms with Gasteiger partial charge in [-0.2, -0.15) is 0 Å². The van der Waals surface area contributed by atoms with Crippen molar-refractivity contribution in [2.45, 2.75) is 26.2 Å². The maximum absolute atomic E-state index is 6.04. The quantitative estimate of drug-likeness (QED) is 0.351. The minimum Gasteiger partial charge on any atom is -0.494 e. The number of oxime groups is 1. The Balaban J connectivity index is 1.22. The fourth-order valence-electron chi connectivity index (χ4n) is 3.74. The Bertz CT molecular complexity index is 1020. The average Bonchev–Trinajstić information content (AvgIpc) is 2.80. The molecule has 3 aromatic rings. The first-order chi connectivity index (χ1) is 15.2. The van der Waals surface area contributed by atoms with E-state index >= 15 is 0 Å². The number of benzene rings is 2. The second-order valence-electron chi connectivity index (χ2n) is 7.65. The molecule has 1 aliphatic rings. The van der Waals surface area contributed by atoms with Crippen LogP contribution in [-0.2, 0) is 4.84 Å². The predicted octanol–water partition coefficient (Wildman–Crippen LogP) is 5.34. The Kier molecular flexibility index (Phi) is 7.20. The maximum atomic E-state index is 6.04. The molecule has 31 heavy (non-hydrogen) atoms. The molecule has 0 bridgehead atoms. The SMILES string of the molecule is CCO/N=C/c1ccc(OCCC2CCN(c3cnc4cc(Cl)ccc4n3)CC2)cc1. The van der Waals surface area contributed by atoms with Gasteiger partial charge in [-0.15, -0.1) is 0 Å². The highest BCUT2D eigenvalue weighted by Crippen LogP contribution is 2.26. The van der Waals surface area contributed by atoms with Crippen LogP contribution in [0.2, 0.25) is 5.02 Å². The van der Waals surface area contributed by atoms with Crippen LogP contribution in [0.25, 0.3) is 11.0 Å². The van der Waals surface area contributed by atoms with Gasteiger partial charge in [0.05, 0.1) is 30.1 Å². The maximum Gasteiger partial charge on any atom is 0.147 e. The van der Waals surface area contributed by atoms with Crippen LogP contribution in [0.5, 0.6) is 5.75 Å². The lowest BCUT2D eigenvalue weighted by molar-refractivity contribution is 0.160. The van der Waals surface area contributed by atoms with Gasteiger partial charge in [-0.25, -0.2) is 4.98 Å². The van der Waals surface area contributed by atoms with Gasteiger partial charge in [0.25, 0.3) is 0 Å². The van der Waals surface area contributed by atoms with Crippen LogP contribution in [0.15, 0.2) is 53.8 Å². The van der Waals surface area contributed by atoms with Gasteiger partial charge >= 0.3 is 0 Å². The van der Waals surface area contributed by atoms with Gasteiger partial charge in [0.15, 0.2) is 0 Å². The van der Waals surface area contributed by atoms with E-state index in [0.717, 1.165) is 67.1 Å². The van der Waals surface area contributed by atoms with Gasteiger partial charge in [0.2, 0.25) is 0 Å². The fraction of sp³-hybridized carbons (Fsp3) is 0.375. The number of nitrogens with zero attached hydrogens (tertiary/aromatic N) is 4. The highest BCUT2D eigenvalue weighted by atomic mass is 35.5. The van der Waals surface area contributed by atoms with Crippen molar-refractivity contribution >= 4 is 34.7 Å². The van der Waals surface area contributed by atoms with Crippen molar-refractivity contribution in [2.75, 3.05) is 31.2 Å². The van der Waals surface area contributed by atoms with E-state index in [0.29, 0.717) is 17.5 Å². The molecule has 0 amide bonds. The minimum absolute atomic E-state index is 0.571. The van der Waals surface area contributed by atoms with Crippen molar-refractivity contribution in [3.8, 4) is 5.75 Å². The van der Waals surface area contributed by atoms with Crippen LogP contribution in [0, 0.1) is 5.92 Å². The molecule has 2 aromatic carbocycles. The summed E-state index contributed by atoms with van der Waals surface area (Å²) in [5, 5.41) is 4.56. The average molecular weight is 439 g/mol. The van der Waals surface area contributed by atoms with E-state index < -0.39 is 0 Å². The van der Waals surface area contributed by atoms with Crippen molar-refractivity contribution in [3.63, 3.8) is 0 Å². The van der Waals surface area contributed by atoms with Gasteiger partial charge in [0, 0.05) is 18.1 Å². The first kappa shape index (κ1) is 21.4. The number of rotatable bonds is 8. The summed E-state index contributed by atoms with van der Waals surface area (Å²) in [6.07, 6.45) is 6.89. The van der Waals surface area contributed by atoms with Gasteiger partial charge in [0.1, 0.15) is 18.2 Å². The summed E-state index contributed by atoms with van der Waals surface area (Å²) >= 11 is 6.04. The highest BCUT2D eigenvalue weighted by molar-refractivity contribution is 6.31. The monoisotopic (exact) mass is 438 g/mol. The van der Waals surface area contributed by atoms with Gasteiger partial charge in [-0.1, -0.05) is 16.8 Å². The number of fused-ring (bicyclic) bond motifs is 1. The summed E-state index contributed by atoms with van der Waals surface area (Å²) in [5.74, 6) is 2.50. The van der Waals surface area contributed by atoms with Crippen LogP contribution >= 0.6 is 11.6 Å². The molecule has 1 aliphatic heterocycles. The topological polar surface area (TPSA) is 59.8 Å². The molecule has 0 atom stereocenters. The largest absolute Gasteiger partial charge is 0.494 e. The number of halogens is 1. The molecular formula is C24H27ClN4O2. The smallest absolute Gasteiger partial charge is 0.147 e. The fourth-order valence-corrected chi connectivity index (χ4v) is 3.91. The number of anilines is 1. The van der Waals surface area contributed by atoms with E-state index in [1.54, 1.807) is 6.21 Å². The molecule has 7 heteroatoms. The van der Waals surface area contributed by atoms with Crippen molar-refractivity contribution in [1.82, 2.24) is 9.97 Å². The molecule has 0 unspecified atom stereocenters. The zero-order valence-corrected chi connectivity index (χ0v) is 18.5. The summed E-state index contributed by atoms with van der Waals surface area (Å²) in [6, 6.07) is 13.5. The third kappa shape index (κ3) is 5.85. The zero-order valence-electron chi connectivity index (χ0n) is 17.7. The molecule has 1 aromatic heterocycles. The molecule has 0 N–H and O–H groups in total. The second-order valence-corrected chi connectivity index (χ2v) is 8.09. The summed E-state index contributed by atoms with van der Waals surface area (Å²) < 4.78 is 5.94. The van der Waals surface area contributed by atoms with Crippen molar-refractivity contribution in [3.05, 3.63) is 59.2 Å². The lowest BCUT2D eigenvalue weighted by Gasteiger charge is -2.32. The van der Waals surface area contributed by atoms with E-state index in [1.807, 2.05) is 55.6 Å². The Labute approximate surface area is 187 Å².